The van der Waals surface area contributed by atoms with Gasteiger partial charge < -0.3 is 10.2 Å². The van der Waals surface area contributed by atoms with Crippen molar-refractivity contribution in [2.75, 3.05) is 31.1 Å². The average molecular weight is 391 g/mol. The molecular weight excluding hydrogens is 365 g/mol. The van der Waals surface area contributed by atoms with E-state index in [4.69, 9.17) is 4.98 Å². The van der Waals surface area contributed by atoms with Gasteiger partial charge in [0.25, 0.3) is 0 Å². The molecule has 2 aromatic heterocycles. The van der Waals surface area contributed by atoms with Gasteiger partial charge in [-0.2, -0.15) is 0 Å². The normalized spacial score (nSPS) is 15.3. The van der Waals surface area contributed by atoms with E-state index in [9.17, 15) is 4.39 Å². The third-order valence-corrected chi connectivity index (χ3v) is 5.33. The van der Waals surface area contributed by atoms with Crippen LogP contribution in [-0.2, 0) is 12.8 Å². The second kappa shape index (κ2) is 9.09. The van der Waals surface area contributed by atoms with Crippen molar-refractivity contribution >= 4 is 5.69 Å². The van der Waals surface area contributed by atoms with Gasteiger partial charge in [-0.15, -0.1) is 0 Å². The van der Waals surface area contributed by atoms with Crippen molar-refractivity contribution in [2.45, 2.75) is 25.7 Å². The van der Waals surface area contributed by atoms with E-state index in [1.807, 2.05) is 12.1 Å². The van der Waals surface area contributed by atoms with Crippen LogP contribution >= 0.6 is 0 Å². The van der Waals surface area contributed by atoms with Gasteiger partial charge in [-0.3, -0.25) is 15.0 Å². The molecule has 0 spiro atoms. The maximum atomic E-state index is 13.3. The maximum Gasteiger partial charge on any atom is 0.123 e. The predicted molar refractivity (Wildman–Crippen MR) is 113 cm³/mol. The number of nitrogens with one attached hydrogen (secondary N) is 1. The highest BCUT2D eigenvalue weighted by molar-refractivity contribution is 5.49. The molecule has 0 unspecified atom stereocenters. The van der Waals surface area contributed by atoms with Crippen molar-refractivity contribution in [1.82, 2.24) is 20.3 Å². The van der Waals surface area contributed by atoms with Gasteiger partial charge in [0.15, 0.2) is 0 Å². The quantitative estimate of drug-likeness (QED) is 0.698. The van der Waals surface area contributed by atoms with Gasteiger partial charge in [-0.1, -0.05) is 19.1 Å². The van der Waals surface area contributed by atoms with Crippen molar-refractivity contribution in [3.63, 3.8) is 0 Å². The Kier molecular flexibility index (Phi) is 6.10. The first kappa shape index (κ1) is 19.5. The zero-order valence-corrected chi connectivity index (χ0v) is 16.7. The van der Waals surface area contributed by atoms with Crippen LogP contribution in [0.4, 0.5) is 10.1 Å². The van der Waals surface area contributed by atoms with E-state index >= 15 is 0 Å². The average Bonchev–Trinajstić information content (AvgIpc) is 2.75. The molecule has 1 aliphatic rings. The lowest BCUT2D eigenvalue weighted by atomic mass is 9.95. The highest BCUT2D eigenvalue weighted by atomic mass is 19.1. The molecule has 1 atom stereocenters. The Hall–Kier alpha value is -2.86. The molecule has 1 fully saturated rings. The SMILES string of the molecule is C[C@H](Cc1cc(N2CCNCC2)cc(Cc2cnccn2)n1)c1ccc(F)cc1. The fraction of sp³-hybridized carbons (Fsp3) is 0.348. The number of hydrogen-bond donors (Lipinski definition) is 1. The molecule has 3 aromatic rings. The Labute approximate surface area is 171 Å². The number of halogens is 1. The van der Waals surface area contributed by atoms with Crippen molar-refractivity contribution in [1.29, 1.82) is 0 Å². The molecule has 1 saturated heterocycles. The molecule has 0 amide bonds. The summed E-state index contributed by atoms with van der Waals surface area (Å²) in [7, 11) is 0. The second-order valence-electron chi connectivity index (χ2n) is 7.58. The summed E-state index contributed by atoms with van der Waals surface area (Å²) in [5, 5.41) is 3.41. The lowest BCUT2D eigenvalue weighted by Gasteiger charge is -2.30. The minimum Gasteiger partial charge on any atom is -0.369 e. The van der Waals surface area contributed by atoms with Crippen LogP contribution in [0.2, 0.25) is 0 Å². The van der Waals surface area contributed by atoms with E-state index in [-0.39, 0.29) is 11.7 Å². The summed E-state index contributed by atoms with van der Waals surface area (Å²) < 4.78 is 13.3. The van der Waals surface area contributed by atoms with E-state index in [0.717, 1.165) is 55.2 Å². The topological polar surface area (TPSA) is 53.9 Å². The molecule has 1 aromatic carbocycles. The summed E-state index contributed by atoms with van der Waals surface area (Å²) in [5.41, 5.74) is 5.30. The van der Waals surface area contributed by atoms with E-state index in [2.05, 4.69) is 39.2 Å². The number of aromatic nitrogens is 3. The maximum absolute atomic E-state index is 13.3. The van der Waals surface area contributed by atoms with Crippen LogP contribution in [0, 0.1) is 5.82 Å². The lowest BCUT2D eigenvalue weighted by molar-refractivity contribution is 0.588. The van der Waals surface area contributed by atoms with Gasteiger partial charge in [0.1, 0.15) is 5.82 Å². The zero-order chi connectivity index (χ0) is 20.1. The number of benzene rings is 1. The second-order valence-corrected chi connectivity index (χ2v) is 7.58. The van der Waals surface area contributed by atoms with E-state index in [1.54, 1.807) is 18.6 Å². The highest BCUT2D eigenvalue weighted by Crippen LogP contribution is 2.24. The van der Waals surface area contributed by atoms with E-state index < -0.39 is 0 Å². The predicted octanol–water partition coefficient (Wildman–Crippen LogP) is 3.36. The standard InChI is InChI=1S/C23H26FN5/c1-17(18-2-4-19(24)5-3-18)12-20-14-23(29-10-8-25-9-11-29)15-21(28-20)13-22-16-26-6-7-27-22/h2-7,14-17,25H,8-13H2,1H3/t17-/m1/s1. The van der Waals surface area contributed by atoms with Gasteiger partial charge in [0.2, 0.25) is 0 Å². The van der Waals surface area contributed by atoms with Crippen molar-refractivity contribution < 1.29 is 4.39 Å². The number of nitrogens with zero attached hydrogens (tertiary/aromatic N) is 4. The van der Waals surface area contributed by atoms with E-state index in [1.165, 1.54) is 17.8 Å². The summed E-state index contributed by atoms with van der Waals surface area (Å²) in [6.45, 7) is 6.12. The van der Waals surface area contributed by atoms with Crippen LogP contribution in [-0.4, -0.2) is 41.1 Å². The first-order valence-electron chi connectivity index (χ1n) is 10.1. The van der Waals surface area contributed by atoms with Crippen LogP contribution < -0.4 is 10.2 Å². The van der Waals surface area contributed by atoms with E-state index in [0.29, 0.717) is 6.42 Å². The summed E-state index contributed by atoms with van der Waals surface area (Å²) >= 11 is 0. The Morgan fingerprint density at radius 3 is 2.52 bits per heavy atom. The molecule has 4 rings (SSSR count). The summed E-state index contributed by atoms with van der Waals surface area (Å²) in [5.74, 6) is 0.0526. The summed E-state index contributed by atoms with van der Waals surface area (Å²) in [6, 6.07) is 11.1. The van der Waals surface area contributed by atoms with Gasteiger partial charge >= 0.3 is 0 Å². The Morgan fingerprint density at radius 2 is 1.79 bits per heavy atom. The molecule has 150 valence electrons. The van der Waals surface area contributed by atoms with Gasteiger partial charge in [0.05, 0.1) is 5.69 Å². The number of hydrogen-bond acceptors (Lipinski definition) is 5. The molecule has 1 aliphatic heterocycles. The molecular formula is C23H26FN5. The number of anilines is 1. The molecule has 0 aliphatic carbocycles. The number of piperazine rings is 1. The van der Waals surface area contributed by atoms with Crippen molar-refractivity contribution in [3.8, 4) is 0 Å². The highest BCUT2D eigenvalue weighted by Gasteiger charge is 2.15. The molecule has 29 heavy (non-hydrogen) atoms. The smallest absolute Gasteiger partial charge is 0.123 e. The van der Waals surface area contributed by atoms with Crippen LogP contribution in [0.15, 0.2) is 55.0 Å². The molecule has 5 nitrogen and oxygen atoms in total. The minimum atomic E-state index is -0.203. The van der Waals surface area contributed by atoms with Crippen molar-refractivity contribution in [2.24, 2.45) is 0 Å². The van der Waals surface area contributed by atoms with Gasteiger partial charge in [-0.25, -0.2) is 4.39 Å². The fourth-order valence-electron chi connectivity index (χ4n) is 3.76. The summed E-state index contributed by atoms with van der Waals surface area (Å²) in [6.07, 6.45) is 6.65. The van der Waals surface area contributed by atoms with Crippen LogP contribution in [0.5, 0.6) is 0 Å². The molecule has 6 heteroatoms. The zero-order valence-electron chi connectivity index (χ0n) is 16.7. The van der Waals surface area contributed by atoms with Crippen LogP contribution in [0.3, 0.4) is 0 Å². The van der Waals surface area contributed by atoms with Gasteiger partial charge in [0, 0.05) is 68.3 Å². The third kappa shape index (κ3) is 5.15. The number of rotatable bonds is 6. The largest absolute Gasteiger partial charge is 0.369 e. The Balaban J connectivity index is 1.60. The monoisotopic (exact) mass is 391 g/mol. The first-order chi connectivity index (χ1) is 14.2. The summed E-state index contributed by atoms with van der Waals surface area (Å²) in [4.78, 5) is 15.9. The Morgan fingerprint density at radius 1 is 1.03 bits per heavy atom. The molecule has 3 heterocycles. The molecule has 0 radical (unpaired) electrons. The minimum absolute atomic E-state index is 0.203. The molecule has 0 saturated carbocycles. The van der Waals surface area contributed by atoms with Crippen molar-refractivity contribution in [3.05, 3.63) is 83.5 Å². The molecule has 1 N–H and O–H groups in total. The molecule has 0 bridgehead atoms. The third-order valence-electron chi connectivity index (χ3n) is 5.33. The fourth-order valence-corrected chi connectivity index (χ4v) is 3.76. The number of pyridine rings is 1. The first-order valence-corrected chi connectivity index (χ1v) is 10.1. The van der Waals surface area contributed by atoms with Crippen LogP contribution in [0.25, 0.3) is 0 Å². The Bertz CT molecular complexity index is 924. The lowest BCUT2D eigenvalue weighted by Crippen LogP contribution is -2.43. The van der Waals surface area contributed by atoms with Gasteiger partial charge in [-0.05, 0) is 42.2 Å². The van der Waals surface area contributed by atoms with Crippen LogP contribution in [0.1, 0.15) is 35.5 Å².